The van der Waals surface area contributed by atoms with Gasteiger partial charge in [0.05, 0.1) is 6.54 Å². The minimum Gasteiger partial charge on any atom is -0.336 e. The number of hydrazone groups is 1. The molecule has 4 atom stereocenters. The highest BCUT2D eigenvalue weighted by Crippen LogP contribution is 2.61. The number of nitrogens with one attached hydrogen (secondary N) is 1. The van der Waals surface area contributed by atoms with Crippen LogP contribution >= 0.6 is 0 Å². The summed E-state index contributed by atoms with van der Waals surface area (Å²) in [5.74, 6) is 2.53. The first-order valence-electron chi connectivity index (χ1n) is 10.7. The summed E-state index contributed by atoms with van der Waals surface area (Å²) in [5.41, 5.74) is 2.86. The van der Waals surface area contributed by atoms with E-state index in [1.807, 2.05) is 6.07 Å². The van der Waals surface area contributed by atoms with Gasteiger partial charge in [-0.15, -0.1) is 0 Å². The zero-order valence-electron chi connectivity index (χ0n) is 16.9. The van der Waals surface area contributed by atoms with Gasteiger partial charge in [0.25, 0.3) is 0 Å². The number of hydrogen-bond acceptors (Lipinski definition) is 2. The molecule has 3 fully saturated rings. The molecule has 1 aliphatic heterocycles. The second-order valence-corrected chi connectivity index (χ2v) is 9.27. The van der Waals surface area contributed by atoms with Crippen LogP contribution in [0.5, 0.6) is 0 Å². The molecule has 4 nitrogen and oxygen atoms in total. The molecule has 27 heavy (non-hydrogen) atoms. The van der Waals surface area contributed by atoms with Gasteiger partial charge < -0.3 is 5.32 Å². The molecule has 1 aromatic rings. The molecule has 0 saturated heterocycles. The lowest BCUT2D eigenvalue weighted by Crippen LogP contribution is -2.55. The van der Waals surface area contributed by atoms with Crippen LogP contribution in [-0.4, -0.2) is 29.8 Å². The van der Waals surface area contributed by atoms with E-state index in [0.717, 1.165) is 36.9 Å². The van der Waals surface area contributed by atoms with Gasteiger partial charge in [-0.1, -0.05) is 57.5 Å². The van der Waals surface area contributed by atoms with E-state index in [4.69, 9.17) is 5.10 Å². The summed E-state index contributed by atoms with van der Waals surface area (Å²) in [7, 11) is 0. The molecule has 5 rings (SSSR count). The standard InChI is InChI=1S/C23H33N3O/c1-4-8-21-19(16-9-6-5-7-10-16)15-26(25-21)22(27)24-14-17-11-12-18-13-20(17)23(18,2)3/h5-7,9-10,17-20H,4,8,11-15H2,1-3H3,(H,24,27)/t17-,18-,19?,20-/m0/s1. The van der Waals surface area contributed by atoms with Crippen molar-refractivity contribution in [2.75, 3.05) is 13.1 Å². The Labute approximate surface area is 163 Å². The van der Waals surface area contributed by atoms with Crippen molar-refractivity contribution >= 4 is 11.7 Å². The third-order valence-electron chi connectivity index (χ3n) is 7.47. The number of nitrogens with zero attached hydrogens (tertiary/aromatic N) is 2. The highest BCUT2D eigenvalue weighted by atomic mass is 16.2. The first-order valence-corrected chi connectivity index (χ1v) is 10.7. The molecule has 4 aliphatic rings. The Bertz CT molecular complexity index is 710. The quantitative estimate of drug-likeness (QED) is 0.780. The second-order valence-electron chi connectivity index (χ2n) is 9.27. The Hall–Kier alpha value is -1.84. The number of carbonyl (C=O) groups excluding carboxylic acids is 1. The van der Waals surface area contributed by atoms with Gasteiger partial charge >= 0.3 is 6.03 Å². The molecular weight excluding hydrogens is 334 g/mol. The highest BCUT2D eigenvalue weighted by Gasteiger charge is 2.54. The number of carbonyl (C=O) groups is 1. The van der Waals surface area contributed by atoms with Gasteiger partial charge in [-0.2, -0.15) is 5.10 Å². The van der Waals surface area contributed by atoms with E-state index >= 15 is 0 Å². The third-order valence-corrected chi connectivity index (χ3v) is 7.47. The van der Waals surface area contributed by atoms with Crippen LogP contribution in [-0.2, 0) is 0 Å². The summed E-state index contributed by atoms with van der Waals surface area (Å²) in [5, 5.41) is 9.56. The summed E-state index contributed by atoms with van der Waals surface area (Å²) in [4.78, 5) is 12.8. The van der Waals surface area contributed by atoms with Crippen molar-refractivity contribution < 1.29 is 4.79 Å². The van der Waals surface area contributed by atoms with Crippen molar-refractivity contribution in [3.05, 3.63) is 35.9 Å². The molecule has 0 radical (unpaired) electrons. The van der Waals surface area contributed by atoms with E-state index in [2.05, 4.69) is 50.4 Å². The maximum atomic E-state index is 12.8. The minimum absolute atomic E-state index is 0.0266. The molecule has 0 aromatic heterocycles. The Balaban J connectivity index is 1.37. The van der Waals surface area contributed by atoms with Gasteiger partial charge in [0, 0.05) is 18.2 Å². The van der Waals surface area contributed by atoms with E-state index in [-0.39, 0.29) is 11.9 Å². The summed E-state index contributed by atoms with van der Waals surface area (Å²) in [6, 6.07) is 10.4. The number of urea groups is 1. The lowest BCUT2D eigenvalue weighted by molar-refractivity contribution is -0.103. The monoisotopic (exact) mass is 367 g/mol. The zero-order valence-corrected chi connectivity index (χ0v) is 16.9. The molecule has 146 valence electrons. The lowest BCUT2D eigenvalue weighted by Gasteiger charge is -2.60. The van der Waals surface area contributed by atoms with Crippen LogP contribution in [0.15, 0.2) is 35.4 Å². The first-order chi connectivity index (χ1) is 13.0. The molecular formula is C23H33N3O. The Morgan fingerprint density at radius 1 is 1.26 bits per heavy atom. The molecule has 1 heterocycles. The molecule has 2 amide bonds. The number of fused-ring (bicyclic) bond motifs is 2. The molecule has 0 spiro atoms. The fourth-order valence-corrected chi connectivity index (χ4v) is 5.65. The zero-order chi connectivity index (χ0) is 19.0. The van der Waals surface area contributed by atoms with Crippen LogP contribution in [0.4, 0.5) is 4.79 Å². The number of hydrogen-bond donors (Lipinski definition) is 1. The van der Waals surface area contributed by atoms with Crippen molar-refractivity contribution in [3.8, 4) is 0 Å². The van der Waals surface area contributed by atoms with E-state index in [9.17, 15) is 4.79 Å². The van der Waals surface area contributed by atoms with E-state index in [1.165, 1.54) is 24.8 Å². The number of benzene rings is 1. The van der Waals surface area contributed by atoms with Crippen LogP contribution in [0.25, 0.3) is 0 Å². The van der Waals surface area contributed by atoms with Crippen LogP contribution in [0, 0.1) is 23.2 Å². The van der Waals surface area contributed by atoms with Crippen molar-refractivity contribution in [1.82, 2.24) is 10.3 Å². The molecule has 1 N–H and O–H groups in total. The Morgan fingerprint density at radius 3 is 2.70 bits per heavy atom. The summed E-state index contributed by atoms with van der Waals surface area (Å²) in [6.07, 6.45) is 5.94. The SMILES string of the molecule is CCCC1=NN(C(=O)NC[C@@H]2CC[C@H]3C[C@@H]2C3(C)C)CC1c1ccccc1. The topological polar surface area (TPSA) is 44.7 Å². The van der Waals surface area contributed by atoms with Crippen molar-refractivity contribution in [2.24, 2.45) is 28.3 Å². The van der Waals surface area contributed by atoms with Gasteiger partial charge in [0.1, 0.15) is 0 Å². The second kappa shape index (κ2) is 7.29. The van der Waals surface area contributed by atoms with Crippen LogP contribution in [0.3, 0.4) is 0 Å². The predicted molar refractivity (Wildman–Crippen MR) is 110 cm³/mol. The number of rotatable bonds is 5. The predicted octanol–water partition coefficient (Wildman–Crippen LogP) is 5.02. The molecule has 1 unspecified atom stereocenters. The molecule has 3 aliphatic carbocycles. The van der Waals surface area contributed by atoms with Crippen LogP contribution < -0.4 is 5.32 Å². The maximum Gasteiger partial charge on any atom is 0.337 e. The van der Waals surface area contributed by atoms with Gasteiger partial charge in [-0.05, 0) is 54.4 Å². The summed E-state index contributed by atoms with van der Waals surface area (Å²) < 4.78 is 0. The lowest BCUT2D eigenvalue weighted by atomic mass is 9.45. The van der Waals surface area contributed by atoms with Crippen molar-refractivity contribution in [3.63, 3.8) is 0 Å². The van der Waals surface area contributed by atoms with Gasteiger partial charge in [0.15, 0.2) is 0 Å². The van der Waals surface area contributed by atoms with E-state index in [0.29, 0.717) is 17.9 Å². The fraction of sp³-hybridized carbons (Fsp3) is 0.652. The van der Waals surface area contributed by atoms with Crippen LogP contribution in [0.2, 0.25) is 0 Å². The number of amides is 2. The fourth-order valence-electron chi connectivity index (χ4n) is 5.65. The Morgan fingerprint density at radius 2 is 2.04 bits per heavy atom. The minimum atomic E-state index is -0.0266. The first kappa shape index (κ1) is 18.5. The maximum absolute atomic E-state index is 12.8. The average molecular weight is 368 g/mol. The third kappa shape index (κ3) is 3.39. The van der Waals surface area contributed by atoms with Crippen LogP contribution in [0.1, 0.15) is 64.4 Å². The average Bonchev–Trinajstić information content (AvgIpc) is 3.11. The van der Waals surface area contributed by atoms with E-state index < -0.39 is 0 Å². The van der Waals surface area contributed by atoms with Crippen molar-refractivity contribution in [1.29, 1.82) is 0 Å². The molecule has 1 aromatic carbocycles. The van der Waals surface area contributed by atoms with E-state index in [1.54, 1.807) is 5.01 Å². The highest BCUT2D eigenvalue weighted by molar-refractivity contribution is 5.94. The smallest absolute Gasteiger partial charge is 0.336 e. The Kier molecular flexibility index (Phi) is 5.00. The van der Waals surface area contributed by atoms with Gasteiger partial charge in [0.2, 0.25) is 0 Å². The normalized spacial score (nSPS) is 31.2. The van der Waals surface area contributed by atoms with Gasteiger partial charge in [-0.25, -0.2) is 9.80 Å². The molecule has 3 saturated carbocycles. The summed E-state index contributed by atoms with van der Waals surface area (Å²) in [6.45, 7) is 8.44. The largest absolute Gasteiger partial charge is 0.337 e. The summed E-state index contributed by atoms with van der Waals surface area (Å²) >= 11 is 0. The van der Waals surface area contributed by atoms with Gasteiger partial charge in [-0.3, -0.25) is 0 Å². The molecule has 4 heteroatoms. The molecule has 2 bridgehead atoms. The van der Waals surface area contributed by atoms with Crippen molar-refractivity contribution in [2.45, 2.75) is 58.8 Å².